The van der Waals surface area contributed by atoms with Crippen molar-refractivity contribution in [1.82, 2.24) is 19.8 Å². The zero-order chi connectivity index (χ0) is 22.8. The third kappa shape index (κ3) is 4.84. The van der Waals surface area contributed by atoms with Crippen molar-refractivity contribution in [3.8, 4) is 11.6 Å². The summed E-state index contributed by atoms with van der Waals surface area (Å²) < 4.78 is 20.4. The van der Waals surface area contributed by atoms with Crippen LogP contribution in [-0.2, 0) is 24.2 Å². The van der Waals surface area contributed by atoms with Crippen LogP contribution in [0.5, 0.6) is 11.6 Å². The van der Waals surface area contributed by atoms with E-state index < -0.39 is 5.82 Å². The fourth-order valence-corrected chi connectivity index (χ4v) is 4.82. The summed E-state index contributed by atoms with van der Waals surface area (Å²) in [5.74, 6) is 0.652. The second-order valence-electron chi connectivity index (χ2n) is 8.40. The molecule has 0 N–H and O–H groups in total. The molecule has 1 amide bonds. The minimum absolute atomic E-state index is 0.0584. The van der Waals surface area contributed by atoms with Gasteiger partial charge in [-0.1, -0.05) is 18.2 Å². The number of thiophene rings is 1. The Hall–Kier alpha value is -3.04. The van der Waals surface area contributed by atoms with Gasteiger partial charge in [-0.15, -0.1) is 11.3 Å². The van der Waals surface area contributed by atoms with Gasteiger partial charge < -0.3 is 19.4 Å². The van der Waals surface area contributed by atoms with Gasteiger partial charge in [-0.05, 0) is 30.6 Å². The number of halogens is 1. The Bertz CT molecular complexity index is 1130. The Kier molecular flexibility index (Phi) is 6.24. The van der Waals surface area contributed by atoms with E-state index in [1.807, 2.05) is 22.4 Å². The maximum absolute atomic E-state index is 14.4. The quantitative estimate of drug-likeness (QED) is 0.574. The molecule has 5 rings (SSSR count). The molecule has 4 heterocycles. The first-order chi connectivity index (χ1) is 16.1. The minimum atomic E-state index is -0.451. The lowest BCUT2D eigenvalue weighted by atomic mass is 10.1. The molecule has 7 nitrogen and oxygen atoms in total. The molecule has 0 atom stereocenters. The molecule has 0 aliphatic carbocycles. The zero-order valence-electron chi connectivity index (χ0n) is 18.5. The van der Waals surface area contributed by atoms with Crippen molar-refractivity contribution in [3.63, 3.8) is 0 Å². The number of carbonyl (C=O) groups is 1. The van der Waals surface area contributed by atoms with Gasteiger partial charge >= 0.3 is 0 Å². The number of amides is 1. The second-order valence-corrected chi connectivity index (χ2v) is 9.43. The van der Waals surface area contributed by atoms with Crippen molar-refractivity contribution in [3.05, 3.63) is 63.7 Å². The summed E-state index contributed by atoms with van der Waals surface area (Å²) in [6, 6.07) is 10.2. The molecule has 1 saturated heterocycles. The van der Waals surface area contributed by atoms with Crippen LogP contribution in [0.15, 0.2) is 41.8 Å². The van der Waals surface area contributed by atoms with E-state index in [1.54, 1.807) is 29.5 Å². The molecule has 172 valence electrons. The standard InChI is InChI=1S/C24H26FN5O2S/c1-28-10-12-29(13-11-28)24-26-20-8-9-30(22(31)15-17-5-4-14-33-17)16-18(20)23(27-24)32-21-7-3-2-6-19(21)25/h2-7,14H,8-13,15-16H2,1H3. The highest BCUT2D eigenvalue weighted by molar-refractivity contribution is 7.10. The first-order valence-corrected chi connectivity index (χ1v) is 12.0. The summed E-state index contributed by atoms with van der Waals surface area (Å²) in [6.07, 6.45) is 0.985. The molecule has 0 saturated carbocycles. The second kappa shape index (κ2) is 9.44. The molecule has 0 unspecified atom stereocenters. The molecule has 33 heavy (non-hydrogen) atoms. The number of para-hydroxylation sites is 1. The Labute approximate surface area is 196 Å². The summed E-state index contributed by atoms with van der Waals surface area (Å²) >= 11 is 1.58. The van der Waals surface area contributed by atoms with Gasteiger partial charge in [-0.3, -0.25) is 4.79 Å². The average Bonchev–Trinajstić information content (AvgIpc) is 3.33. The monoisotopic (exact) mass is 467 g/mol. The first kappa shape index (κ1) is 21.8. The maximum Gasteiger partial charge on any atom is 0.229 e. The molecule has 2 aromatic heterocycles. The van der Waals surface area contributed by atoms with E-state index in [-0.39, 0.29) is 11.7 Å². The Morgan fingerprint density at radius 1 is 1.09 bits per heavy atom. The highest BCUT2D eigenvalue weighted by atomic mass is 32.1. The lowest BCUT2D eigenvalue weighted by Crippen LogP contribution is -2.45. The maximum atomic E-state index is 14.4. The first-order valence-electron chi connectivity index (χ1n) is 11.1. The van der Waals surface area contributed by atoms with Crippen molar-refractivity contribution in [2.24, 2.45) is 0 Å². The van der Waals surface area contributed by atoms with E-state index in [1.165, 1.54) is 6.07 Å². The van der Waals surface area contributed by atoms with E-state index in [4.69, 9.17) is 14.7 Å². The molecule has 2 aliphatic rings. The van der Waals surface area contributed by atoms with Gasteiger partial charge in [0.2, 0.25) is 17.7 Å². The van der Waals surface area contributed by atoms with E-state index in [2.05, 4.69) is 16.8 Å². The van der Waals surface area contributed by atoms with Gasteiger partial charge in [-0.25, -0.2) is 9.37 Å². The van der Waals surface area contributed by atoms with E-state index in [0.717, 1.165) is 42.3 Å². The molecule has 0 bridgehead atoms. The number of fused-ring (bicyclic) bond motifs is 1. The number of rotatable bonds is 5. The SMILES string of the molecule is CN1CCN(c2nc3c(c(Oc4ccccc4F)n2)CN(C(=O)Cc2cccs2)CC3)CC1. The normalized spacial score (nSPS) is 16.5. The summed E-state index contributed by atoms with van der Waals surface area (Å²) in [5.41, 5.74) is 1.62. The van der Waals surface area contributed by atoms with Gasteiger partial charge in [0.25, 0.3) is 0 Å². The lowest BCUT2D eigenvalue weighted by Gasteiger charge is -2.34. The number of hydrogen-bond donors (Lipinski definition) is 0. The van der Waals surface area contributed by atoms with E-state index >= 15 is 0 Å². The van der Waals surface area contributed by atoms with Gasteiger partial charge in [0.1, 0.15) is 0 Å². The smallest absolute Gasteiger partial charge is 0.229 e. The molecule has 1 fully saturated rings. The minimum Gasteiger partial charge on any atom is -0.435 e. The van der Waals surface area contributed by atoms with Gasteiger partial charge in [0, 0.05) is 44.0 Å². The van der Waals surface area contributed by atoms with Crippen molar-refractivity contribution in [1.29, 1.82) is 0 Å². The number of likely N-dealkylation sites (N-methyl/N-ethyl adjacent to an activating group) is 1. The highest BCUT2D eigenvalue weighted by Gasteiger charge is 2.29. The van der Waals surface area contributed by atoms with Crippen LogP contribution in [-0.4, -0.2) is 65.4 Å². The van der Waals surface area contributed by atoms with Crippen molar-refractivity contribution in [2.75, 3.05) is 44.7 Å². The number of benzene rings is 1. The fourth-order valence-electron chi connectivity index (χ4n) is 4.12. The number of anilines is 1. The van der Waals surface area contributed by atoms with Crippen molar-refractivity contribution >= 4 is 23.2 Å². The van der Waals surface area contributed by atoms with Crippen LogP contribution >= 0.6 is 11.3 Å². The largest absolute Gasteiger partial charge is 0.435 e. The third-order valence-electron chi connectivity index (χ3n) is 6.10. The Balaban J connectivity index is 1.45. The van der Waals surface area contributed by atoms with Crippen LogP contribution in [0, 0.1) is 5.82 Å². The van der Waals surface area contributed by atoms with Crippen molar-refractivity contribution in [2.45, 2.75) is 19.4 Å². The topological polar surface area (TPSA) is 61.8 Å². The van der Waals surface area contributed by atoms with Crippen LogP contribution in [0.25, 0.3) is 0 Å². The summed E-state index contributed by atoms with van der Waals surface area (Å²) in [5, 5.41) is 1.97. The molecular formula is C24H26FN5O2S. The van der Waals surface area contributed by atoms with Gasteiger partial charge in [0.15, 0.2) is 11.6 Å². The van der Waals surface area contributed by atoms with Gasteiger partial charge in [0.05, 0.1) is 24.2 Å². The molecule has 3 aromatic rings. The molecule has 9 heteroatoms. The number of nitrogens with zero attached hydrogens (tertiary/aromatic N) is 5. The predicted octanol–water partition coefficient (Wildman–Crippen LogP) is 3.35. The van der Waals surface area contributed by atoms with Crippen molar-refractivity contribution < 1.29 is 13.9 Å². The van der Waals surface area contributed by atoms with Crippen LogP contribution in [0.1, 0.15) is 16.1 Å². The number of hydrogen-bond acceptors (Lipinski definition) is 7. The molecule has 0 radical (unpaired) electrons. The molecule has 0 spiro atoms. The number of ether oxygens (including phenoxy) is 1. The van der Waals surface area contributed by atoms with Crippen LogP contribution < -0.4 is 9.64 Å². The highest BCUT2D eigenvalue weighted by Crippen LogP contribution is 2.33. The average molecular weight is 468 g/mol. The fraction of sp³-hybridized carbons (Fsp3) is 0.375. The summed E-state index contributed by atoms with van der Waals surface area (Å²) in [7, 11) is 2.10. The lowest BCUT2D eigenvalue weighted by molar-refractivity contribution is -0.131. The number of carbonyl (C=O) groups excluding carboxylic acids is 1. The van der Waals surface area contributed by atoms with E-state index in [0.29, 0.717) is 37.8 Å². The summed E-state index contributed by atoms with van der Waals surface area (Å²) in [6.45, 7) is 4.44. The molecule has 1 aromatic carbocycles. The predicted molar refractivity (Wildman–Crippen MR) is 125 cm³/mol. The Morgan fingerprint density at radius 2 is 1.91 bits per heavy atom. The number of aromatic nitrogens is 2. The van der Waals surface area contributed by atoms with Crippen LogP contribution in [0.2, 0.25) is 0 Å². The van der Waals surface area contributed by atoms with E-state index in [9.17, 15) is 9.18 Å². The van der Waals surface area contributed by atoms with Crippen LogP contribution in [0.3, 0.4) is 0 Å². The molecule has 2 aliphatic heterocycles. The Morgan fingerprint density at radius 3 is 2.67 bits per heavy atom. The number of piperazine rings is 1. The summed E-state index contributed by atoms with van der Waals surface area (Å²) in [4.78, 5) is 29.7. The van der Waals surface area contributed by atoms with Crippen LogP contribution in [0.4, 0.5) is 10.3 Å². The third-order valence-corrected chi connectivity index (χ3v) is 6.97. The molecular weight excluding hydrogens is 441 g/mol. The zero-order valence-corrected chi connectivity index (χ0v) is 19.4. The van der Waals surface area contributed by atoms with Gasteiger partial charge in [-0.2, -0.15) is 4.98 Å².